The molecule has 34 heavy (non-hydrogen) atoms. The van der Waals surface area contributed by atoms with Crippen LogP contribution in [0.25, 0.3) is 11.0 Å². The molecule has 174 valence electrons. The van der Waals surface area contributed by atoms with Gasteiger partial charge in [0.2, 0.25) is 5.91 Å². The van der Waals surface area contributed by atoms with E-state index in [2.05, 4.69) is 4.57 Å². The molecule has 3 aromatic carbocycles. The molecule has 0 spiro atoms. The van der Waals surface area contributed by atoms with E-state index in [-0.39, 0.29) is 17.6 Å². The third-order valence-corrected chi connectivity index (χ3v) is 6.15. The molecule has 5 rings (SSSR count). The molecule has 2 heterocycles. The van der Waals surface area contributed by atoms with E-state index in [4.69, 9.17) is 14.5 Å². The SMILES string of the molecule is COc1ccccc1OCCCn1c(C2CC(=O)N(c3cccc(F)c3)C2)nc2ccccc21. The molecule has 1 unspecified atom stereocenters. The van der Waals surface area contributed by atoms with E-state index in [1.54, 1.807) is 24.1 Å². The lowest BCUT2D eigenvalue weighted by molar-refractivity contribution is -0.117. The summed E-state index contributed by atoms with van der Waals surface area (Å²) in [6, 6.07) is 21.8. The molecule has 4 aromatic rings. The van der Waals surface area contributed by atoms with Gasteiger partial charge in [-0.3, -0.25) is 4.79 Å². The lowest BCUT2D eigenvalue weighted by Gasteiger charge is -2.17. The fourth-order valence-corrected chi connectivity index (χ4v) is 4.56. The van der Waals surface area contributed by atoms with Crippen LogP contribution in [-0.4, -0.2) is 35.7 Å². The second-order valence-corrected chi connectivity index (χ2v) is 8.35. The monoisotopic (exact) mass is 459 g/mol. The summed E-state index contributed by atoms with van der Waals surface area (Å²) < 4.78 is 27.2. The van der Waals surface area contributed by atoms with Crippen molar-refractivity contribution in [1.82, 2.24) is 9.55 Å². The summed E-state index contributed by atoms with van der Waals surface area (Å²) in [6.45, 7) is 1.70. The number of imidazole rings is 1. The fourth-order valence-electron chi connectivity index (χ4n) is 4.56. The van der Waals surface area contributed by atoms with Gasteiger partial charge in [0.25, 0.3) is 0 Å². The smallest absolute Gasteiger partial charge is 0.227 e. The number of anilines is 1. The number of hydrogen-bond donors (Lipinski definition) is 0. The van der Waals surface area contributed by atoms with Gasteiger partial charge >= 0.3 is 0 Å². The Labute approximate surface area is 197 Å². The molecule has 0 radical (unpaired) electrons. The van der Waals surface area contributed by atoms with Crippen molar-refractivity contribution < 1.29 is 18.7 Å². The number of aromatic nitrogens is 2. The number of halogens is 1. The summed E-state index contributed by atoms with van der Waals surface area (Å²) in [5.74, 6) is 1.86. The van der Waals surface area contributed by atoms with E-state index in [1.165, 1.54) is 12.1 Å². The number of ether oxygens (including phenoxy) is 2. The van der Waals surface area contributed by atoms with Crippen LogP contribution in [0.4, 0.5) is 10.1 Å². The Morgan fingerprint density at radius 2 is 1.82 bits per heavy atom. The van der Waals surface area contributed by atoms with Crippen LogP contribution in [0.2, 0.25) is 0 Å². The molecule has 1 amide bonds. The van der Waals surface area contributed by atoms with Crippen LogP contribution < -0.4 is 14.4 Å². The van der Waals surface area contributed by atoms with Crippen LogP contribution in [0, 0.1) is 5.82 Å². The molecule has 1 aliphatic rings. The molecule has 1 aromatic heterocycles. The zero-order valence-corrected chi connectivity index (χ0v) is 19.0. The van der Waals surface area contributed by atoms with Gasteiger partial charge < -0.3 is 18.9 Å². The van der Waals surface area contributed by atoms with Crippen molar-refractivity contribution >= 4 is 22.6 Å². The summed E-state index contributed by atoms with van der Waals surface area (Å²) >= 11 is 0. The van der Waals surface area contributed by atoms with Crippen LogP contribution >= 0.6 is 0 Å². The summed E-state index contributed by atoms with van der Waals surface area (Å²) in [6.07, 6.45) is 1.11. The standard InChI is InChI=1S/C27H26FN3O3/c1-33-24-12-4-5-13-25(24)34-15-7-14-30-23-11-3-2-10-22(23)29-27(30)19-16-26(32)31(18-19)21-9-6-8-20(28)17-21/h2-6,8-13,17,19H,7,14-16,18H2,1H3. The van der Waals surface area contributed by atoms with E-state index in [0.717, 1.165) is 23.3 Å². The Balaban J connectivity index is 1.35. The highest BCUT2D eigenvalue weighted by molar-refractivity contribution is 5.96. The molecule has 0 bridgehead atoms. The number of hydrogen-bond acceptors (Lipinski definition) is 4. The van der Waals surface area contributed by atoms with Crippen LogP contribution in [0.3, 0.4) is 0 Å². The first-order chi connectivity index (χ1) is 16.6. The van der Waals surface area contributed by atoms with Crippen molar-refractivity contribution in [1.29, 1.82) is 0 Å². The van der Waals surface area contributed by atoms with Gasteiger partial charge in [0.1, 0.15) is 11.6 Å². The third-order valence-electron chi connectivity index (χ3n) is 6.15. The maximum Gasteiger partial charge on any atom is 0.227 e. The Morgan fingerprint density at radius 1 is 1.03 bits per heavy atom. The van der Waals surface area contributed by atoms with E-state index in [0.29, 0.717) is 43.3 Å². The van der Waals surface area contributed by atoms with E-state index in [1.807, 2.05) is 48.5 Å². The second-order valence-electron chi connectivity index (χ2n) is 8.35. The topological polar surface area (TPSA) is 56.6 Å². The highest BCUT2D eigenvalue weighted by atomic mass is 19.1. The first-order valence-electron chi connectivity index (χ1n) is 11.4. The number of aryl methyl sites for hydroxylation is 1. The number of carbonyl (C=O) groups is 1. The van der Waals surface area contributed by atoms with Crippen molar-refractivity contribution in [2.75, 3.05) is 25.2 Å². The Kier molecular flexibility index (Phi) is 6.16. The van der Waals surface area contributed by atoms with Gasteiger partial charge in [-0.1, -0.05) is 30.3 Å². The first-order valence-corrected chi connectivity index (χ1v) is 11.4. The molecular formula is C27H26FN3O3. The van der Waals surface area contributed by atoms with Gasteiger partial charge in [0.15, 0.2) is 11.5 Å². The predicted octanol–water partition coefficient (Wildman–Crippen LogP) is 5.17. The minimum Gasteiger partial charge on any atom is -0.493 e. The van der Waals surface area contributed by atoms with Gasteiger partial charge in [0.05, 0.1) is 24.8 Å². The summed E-state index contributed by atoms with van der Waals surface area (Å²) in [5.41, 5.74) is 2.52. The van der Waals surface area contributed by atoms with E-state index >= 15 is 0 Å². The van der Waals surface area contributed by atoms with Gasteiger partial charge in [-0.05, 0) is 48.9 Å². The highest BCUT2D eigenvalue weighted by Gasteiger charge is 2.34. The Bertz CT molecular complexity index is 1320. The maximum atomic E-state index is 13.7. The second kappa shape index (κ2) is 9.55. The Morgan fingerprint density at radius 3 is 2.65 bits per heavy atom. The van der Waals surface area contributed by atoms with Crippen molar-refractivity contribution in [2.24, 2.45) is 0 Å². The van der Waals surface area contributed by atoms with Gasteiger partial charge in [0, 0.05) is 31.1 Å². The number of carbonyl (C=O) groups excluding carboxylic acids is 1. The molecule has 0 saturated carbocycles. The molecule has 7 heteroatoms. The number of methoxy groups -OCH3 is 1. The van der Waals surface area contributed by atoms with Crippen LogP contribution in [0.15, 0.2) is 72.8 Å². The van der Waals surface area contributed by atoms with E-state index in [9.17, 15) is 9.18 Å². The number of nitrogens with zero attached hydrogens (tertiary/aromatic N) is 3. The number of fused-ring (bicyclic) bond motifs is 1. The summed E-state index contributed by atoms with van der Waals surface area (Å²) in [5, 5.41) is 0. The largest absolute Gasteiger partial charge is 0.493 e. The van der Waals surface area contributed by atoms with E-state index < -0.39 is 0 Å². The van der Waals surface area contributed by atoms with Gasteiger partial charge in [-0.2, -0.15) is 0 Å². The maximum absolute atomic E-state index is 13.7. The quantitative estimate of drug-likeness (QED) is 0.341. The van der Waals surface area contributed by atoms with Crippen LogP contribution in [-0.2, 0) is 11.3 Å². The molecule has 1 aliphatic heterocycles. The predicted molar refractivity (Wildman–Crippen MR) is 129 cm³/mol. The minimum atomic E-state index is -0.351. The Hall–Kier alpha value is -3.87. The molecule has 6 nitrogen and oxygen atoms in total. The number of benzene rings is 3. The summed E-state index contributed by atoms with van der Waals surface area (Å²) in [4.78, 5) is 19.4. The van der Waals surface area contributed by atoms with Crippen LogP contribution in [0.1, 0.15) is 24.6 Å². The normalized spacial score (nSPS) is 15.8. The lowest BCUT2D eigenvalue weighted by atomic mass is 10.1. The summed E-state index contributed by atoms with van der Waals surface area (Å²) in [7, 11) is 1.63. The molecular weight excluding hydrogens is 433 g/mol. The molecule has 1 saturated heterocycles. The van der Waals surface area contributed by atoms with Crippen molar-refractivity contribution in [3.05, 3.63) is 84.4 Å². The number of amides is 1. The number of rotatable bonds is 8. The van der Waals surface area contributed by atoms with Gasteiger partial charge in [-0.15, -0.1) is 0 Å². The average Bonchev–Trinajstić information content (AvgIpc) is 3.42. The number of para-hydroxylation sites is 4. The molecule has 0 N–H and O–H groups in total. The van der Waals surface area contributed by atoms with Crippen molar-refractivity contribution in [3.8, 4) is 11.5 Å². The van der Waals surface area contributed by atoms with Crippen molar-refractivity contribution in [2.45, 2.75) is 25.3 Å². The lowest BCUT2D eigenvalue weighted by Crippen LogP contribution is -2.24. The van der Waals surface area contributed by atoms with Gasteiger partial charge in [-0.25, -0.2) is 9.37 Å². The first kappa shape index (κ1) is 21.9. The fraction of sp³-hybridized carbons (Fsp3) is 0.259. The molecule has 1 fully saturated rings. The molecule has 1 atom stereocenters. The highest BCUT2D eigenvalue weighted by Crippen LogP contribution is 2.33. The zero-order chi connectivity index (χ0) is 23.5. The third kappa shape index (κ3) is 4.33. The zero-order valence-electron chi connectivity index (χ0n) is 19.0. The van der Waals surface area contributed by atoms with Crippen LogP contribution in [0.5, 0.6) is 11.5 Å². The minimum absolute atomic E-state index is 0.0197. The average molecular weight is 460 g/mol. The molecule has 0 aliphatic carbocycles. The van der Waals surface area contributed by atoms with Crippen molar-refractivity contribution in [3.63, 3.8) is 0 Å².